The van der Waals surface area contributed by atoms with Crippen molar-refractivity contribution >= 4 is 11.9 Å². The number of carbonyl (C=O) groups is 2. The van der Waals surface area contributed by atoms with E-state index >= 15 is 0 Å². The molecule has 6 heteroatoms. The van der Waals surface area contributed by atoms with E-state index in [4.69, 9.17) is 9.47 Å². The molecular weight excluding hydrogens is 334 g/mol. The number of aliphatic carboxylic acids is 1. The molecule has 2 aromatic carbocycles. The predicted molar refractivity (Wildman–Crippen MR) is 96.7 cm³/mol. The summed E-state index contributed by atoms with van der Waals surface area (Å²) in [6.45, 7) is 3.81. The molecule has 0 heterocycles. The maximum Gasteiger partial charge on any atom is 0.335 e. The lowest BCUT2D eigenvalue weighted by atomic mass is 10.0. The minimum absolute atomic E-state index is 0.377. The smallest absolute Gasteiger partial charge is 0.335 e. The molecule has 2 aromatic rings. The lowest BCUT2D eigenvalue weighted by Gasteiger charge is -2.28. The number of carboxylic acid groups (broad SMARTS) is 1. The number of hydrogen-bond donors (Lipinski definition) is 2. The molecule has 138 valence electrons. The lowest BCUT2D eigenvalue weighted by molar-refractivity contribution is -0.187. The third kappa shape index (κ3) is 5.40. The van der Waals surface area contributed by atoms with Crippen LogP contribution in [0.1, 0.15) is 35.8 Å². The first kappa shape index (κ1) is 19.6. The Bertz CT molecular complexity index is 705. The number of carbonyl (C=O) groups excluding carboxylic acids is 1. The fourth-order valence-electron chi connectivity index (χ4n) is 2.57. The molecule has 0 saturated heterocycles. The van der Waals surface area contributed by atoms with Gasteiger partial charge in [0.1, 0.15) is 0 Å². The number of ether oxygens (including phenoxy) is 2. The monoisotopic (exact) mass is 357 g/mol. The van der Waals surface area contributed by atoms with Gasteiger partial charge in [-0.1, -0.05) is 48.5 Å². The van der Waals surface area contributed by atoms with E-state index in [1.807, 2.05) is 6.07 Å². The molecule has 0 aromatic heterocycles. The Kier molecular flexibility index (Phi) is 7.32. The largest absolute Gasteiger partial charge is 0.479 e. The van der Waals surface area contributed by atoms with E-state index in [-0.39, 0.29) is 5.91 Å². The molecule has 0 aliphatic carbocycles. The van der Waals surface area contributed by atoms with Crippen LogP contribution in [0.25, 0.3) is 0 Å². The molecule has 3 atom stereocenters. The van der Waals surface area contributed by atoms with Crippen molar-refractivity contribution in [3.63, 3.8) is 0 Å². The molecule has 2 N–H and O–H groups in total. The van der Waals surface area contributed by atoms with Crippen molar-refractivity contribution in [3.05, 3.63) is 71.8 Å². The van der Waals surface area contributed by atoms with Gasteiger partial charge >= 0.3 is 5.97 Å². The van der Waals surface area contributed by atoms with Crippen LogP contribution in [0.3, 0.4) is 0 Å². The van der Waals surface area contributed by atoms with Gasteiger partial charge in [-0.15, -0.1) is 0 Å². The zero-order valence-electron chi connectivity index (χ0n) is 14.8. The van der Waals surface area contributed by atoms with Gasteiger partial charge in [0.15, 0.2) is 12.4 Å². The van der Waals surface area contributed by atoms with Gasteiger partial charge in [0.05, 0.1) is 6.04 Å². The third-order valence-electron chi connectivity index (χ3n) is 3.77. The average molecular weight is 357 g/mol. The van der Waals surface area contributed by atoms with Gasteiger partial charge in [0.2, 0.25) is 0 Å². The molecule has 0 unspecified atom stereocenters. The van der Waals surface area contributed by atoms with Crippen molar-refractivity contribution in [2.24, 2.45) is 0 Å². The Labute approximate surface area is 152 Å². The van der Waals surface area contributed by atoms with E-state index in [9.17, 15) is 14.7 Å². The second kappa shape index (κ2) is 9.70. The highest BCUT2D eigenvalue weighted by Gasteiger charge is 2.33. The Morgan fingerprint density at radius 1 is 1.04 bits per heavy atom. The maximum atomic E-state index is 12.6. The summed E-state index contributed by atoms with van der Waals surface area (Å²) in [4.78, 5) is 24.4. The average Bonchev–Trinajstić information content (AvgIpc) is 2.66. The molecule has 0 bridgehead atoms. The highest BCUT2D eigenvalue weighted by molar-refractivity contribution is 5.94. The summed E-state index contributed by atoms with van der Waals surface area (Å²) in [5.41, 5.74) is 1.07. The summed E-state index contributed by atoms with van der Waals surface area (Å²) >= 11 is 0. The second-order valence-electron chi connectivity index (χ2n) is 5.65. The topological polar surface area (TPSA) is 84.9 Å². The number of amides is 1. The first-order valence-electron chi connectivity index (χ1n) is 8.43. The summed E-state index contributed by atoms with van der Waals surface area (Å²) in [5, 5.41) is 12.5. The van der Waals surface area contributed by atoms with E-state index in [1.165, 1.54) is 0 Å². The van der Waals surface area contributed by atoms with Gasteiger partial charge in [-0.3, -0.25) is 4.79 Å². The molecule has 0 fully saturated rings. The second-order valence-corrected chi connectivity index (χ2v) is 5.65. The first-order valence-corrected chi connectivity index (χ1v) is 8.43. The molecule has 0 saturated carbocycles. The standard InChI is InChI=1S/C20H23NO5/c1-3-25-14(2)26-18(20(23)24)17(15-10-6-4-7-11-15)21-19(22)16-12-8-5-9-13-16/h4-14,17-18H,3H2,1-2H3,(H,21,22)(H,23,24)/t14-,17-,18+/m0/s1. The molecule has 1 amide bonds. The van der Waals surface area contributed by atoms with E-state index in [0.29, 0.717) is 17.7 Å². The van der Waals surface area contributed by atoms with E-state index in [1.54, 1.807) is 68.4 Å². The van der Waals surface area contributed by atoms with Crippen LogP contribution in [0.5, 0.6) is 0 Å². The SMILES string of the molecule is CCO[C@H](C)O[C@@H](C(=O)O)[C@@H](NC(=O)c1ccccc1)c1ccccc1. The van der Waals surface area contributed by atoms with Gasteiger partial charge in [-0.25, -0.2) is 4.79 Å². The molecule has 2 rings (SSSR count). The van der Waals surface area contributed by atoms with Crippen LogP contribution in [0.15, 0.2) is 60.7 Å². The Hall–Kier alpha value is -2.70. The van der Waals surface area contributed by atoms with Crippen molar-refractivity contribution in [1.82, 2.24) is 5.32 Å². The van der Waals surface area contributed by atoms with Crippen LogP contribution in [-0.4, -0.2) is 36.0 Å². The number of carboxylic acids is 1. The highest BCUT2D eigenvalue weighted by atomic mass is 16.7. The predicted octanol–water partition coefficient (Wildman–Crippen LogP) is 3.01. The summed E-state index contributed by atoms with van der Waals surface area (Å²) < 4.78 is 10.9. The Balaban J connectivity index is 2.30. The third-order valence-corrected chi connectivity index (χ3v) is 3.77. The maximum absolute atomic E-state index is 12.6. The number of rotatable bonds is 9. The van der Waals surface area contributed by atoms with Crippen LogP contribution >= 0.6 is 0 Å². The van der Waals surface area contributed by atoms with Gasteiger partial charge < -0.3 is 19.9 Å². The fourth-order valence-corrected chi connectivity index (χ4v) is 2.57. The van der Waals surface area contributed by atoms with Gasteiger partial charge in [0, 0.05) is 12.2 Å². The van der Waals surface area contributed by atoms with Crippen LogP contribution in [0.4, 0.5) is 0 Å². The van der Waals surface area contributed by atoms with Crippen LogP contribution in [0, 0.1) is 0 Å². The van der Waals surface area contributed by atoms with Gasteiger partial charge in [-0.2, -0.15) is 0 Å². The van der Waals surface area contributed by atoms with Crippen LogP contribution < -0.4 is 5.32 Å². The van der Waals surface area contributed by atoms with E-state index in [0.717, 1.165) is 0 Å². The summed E-state index contributed by atoms with van der Waals surface area (Å²) in [6.07, 6.45) is -2.02. The van der Waals surface area contributed by atoms with E-state index in [2.05, 4.69) is 5.32 Å². The van der Waals surface area contributed by atoms with E-state index < -0.39 is 24.4 Å². The molecule has 0 aliphatic rings. The van der Waals surface area contributed by atoms with Crippen LogP contribution in [0.2, 0.25) is 0 Å². The normalized spacial score (nSPS) is 14.2. The first-order chi connectivity index (χ1) is 12.5. The number of benzene rings is 2. The molecular formula is C20H23NO5. The summed E-state index contributed by atoms with van der Waals surface area (Å²) in [7, 11) is 0. The van der Waals surface area contributed by atoms with Gasteiger partial charge in [0.25, 0.3) is 5.91 Å². The summed E-state index contributed by atoms with van der Waals surface area (Å²) in [6, 6.07) is 16.6. The minimum atomic E-state index is -1.30. The van der Waals surface area contributed by atoms with Crippen molar-refractivity contribution in [2.75, 3.05) is 6.61 Å². The molecule has 0 spiro atoms. The van der Waals surface area contributed by atoms with Crippen molar-refractivity contribution in [3.8, 4) is 0 Å². The van der Waals surface area contributed by atoms with Crippen LogP contribution in [-0.2, 0) is 14.3 Å². The molecule has 26 heavy (non-hydrogen) atoms. The fraction of sp³-hybridized carbons (Fsp3) is 0.300. The Morgan fingerprint density at radius 2 is 1.62 bits per heavy atom. The molecule has 6 nitrogen and oxygen atoms in total. The number of hydrogen-bond acceptors (Lipinski definition) is 4. The van der Waals surface area contributed by atoms with Crippen molar-refractivity contribution in [1.29, 1.82) is 0 Å². The molecule has 0 aliphatic heterocycles. The quantitative estimate of drug-likeness (QED) is 0.674. The highest BCUT2D eigenvalue weighted by Crippen LogP contribution is 2.22. The van der Waals surface area contributed by atoms with Crippen molar-refractivity contribution in [2.45, 2.75) is 32.3 Å². The zero-order chi connectivity index (χ0) is 18.9. The lowest BCUT2D eigenvalue weighted by Crippen LogP contribution is -2.43. The molecule has 0 radical (unpaired) electrons. The summed E-state index contributed by atoms with van der Waals surface area (Å²) in [5.74, 6) is -1.56. The number of nitrogens with one attached hydrogen (secondary N) is 1. The Morgan fingerprint density at radius 3 is 2.15 bits per heavy atom. The zero-order valence-corrected chi connectivity index (χ0v) is 14.8. The minimum Gasteiger partial charge on any atom is -0.479 e. The van der Waals surface area contributed by atoms with Crippen molar-refractivity contribution < 1.29 is 24.2 Å². The van der Waals surface area contributed by atoms with Gasteiger partial charge in [-0.05, 0) is 31.5 Å².